The molecule has 1 aliphatic heterocycles. The Labute approximate surface area is 165 Å². The molecular formula is C18H11Br2NO3S. The number of hydrogen-bond donors (Lipinski definition) is 0. The highest BCUT2D eigenvalue weighted by Crippen LogP contribution is 2.33. The van der Waals surface area contributed by atoms with Gasteiger partial charge in [-0.2, -0.15) is 0 Å². The number of carbonyl (C=O) groups is 3. The van der Waals surface area contributed by atoms with E-state index in [9.17, 15) is 14.4 Å². The van der Waals surface area contributed by atoms with Crippen LogP contribution in [0.25, 0.3) is 6.08 Å². The van der Waals surface area contributed by atoms with E-state index < -0.39 is 11.1 Å². The van der Waals surface area contributed by atoms with E-state index in [0.29, 0.717) is 10.5 Å². The van der Waals surface area contributed by atoms with Crippen LogP contribution in [-0.4, -0.2) is 28.4 Å². The lowest BCUT2D eigenvalue weighted by atomic mass is 10.1. The van der Waals surface area contributed by atoms with Gasteiger partial charge >= 0.3 is 0 Å². The van der Waals surface area contributed by atoms with Crippen molar-refractivity contribution in [2.75, 3.05) is 6.54 Å². The van der Waals surface area contributed by atoms with Gasteiger partial charge in [0.25, 0.3) is 11.1 Å². The highest BCUT2D eigenvalue weighted by molar-refractivity contribution is 9.10. The molecule has 2 aromatic rings. The molecule has 25 heavy (non-hydrogen) atoms. The lowest BCUT2D eigenvalue weighted by Gasteiger charge is -2.11. The fraction of sp³-hybridized carbons (Fsp3) is 0.0556. The molecule has 0 aliphatic carbocycles. The third-order valence-corrected chi connectivity index (χ3v) is 5.69. The highest BCUT2D eigenvalue weighted by Gasteiger charge is 2.36. The maximum Gasteiger partial charge on any atom is 0.293 e. The number of benzene rings is 2. The fourth-order valence-corrected chi connectivity index (χ4v) is 3.73. The lowest BCUT2D eigenvalue weighted by Crippen LogP contribution is -2.33. The third kappa shape index (κ3) is 4.11. The van der Waals surface area contributed by atoms with E-state index in [4.69, 9.17) is 0 Å². The van der Waals surface area contributed by atoms with Gasteiger partial charge in [0, 0.05) is 14.5 Å². The Balaban J connectivity index is 1.79. The number of carbonyl (C=O) groups excluding carboxylic acids is 3. The second-order valence-corrected chi connectivity index (χ2v) is 7.98. The van der Waals surface area contributed by atoms with Crippen LogP contribution in [0, 0.1) is 0 Å². The zero-order valence-electron chi connectivity index (χ0n) is 12.7. The van der Waals surface area contributed by atoms with Gasteiger partial charge in [-0.25, -0.2) is 0 Å². The normalized spacial score (nSPS) is 15.9. The average Bonchev–Trinajstić information content (AvgIpc) is 2.85. The van der Waals surface area contributed by atoms with Crippen LogP contribution >= 0.6 is 43.6 Å². The number of ketones is 1. The zero-order chi connectivity index (χ0) is 18.0. The molecule has 1 heterocycles. The summed E-state index contributed by atoms with van der Waals surface area (Å²) >= 11 is 7.55. The summed E-state index contributed by atoms with van der Waals surface area (Å²) in [7, 11) is 0. The van der Waals surface area contributed by atoms with E-state index in [1.165, 1.54) is 0 Å². The Kier molecular flexibility index (Phi) is 5.56. The number of hydrogen-bond acceptors (Lipinski definition) is 4. The number of rotatable bonds is 4. The number of amides is 2. The van der Waals surface area contributed by atoms with E-state index >= 15 is 0 Å². The Bertz CT molecular complexity index is 893. The highest BCUT2D eigenvalue weighted by atomic mass is 79.9. The largest absolute Gasteiger partial charge is 0.293 e. The van der Waals surface area contributed by atoms with Crippen molar-refractivity contribution in [2.45, 2.75) is 0 Å². The molecule has 0 N–H and O–H groups in total. The van der Waals surface area contributed by atoms with Gasteiger partial charge in [0.15, 0.2) is 5.78 Å². The minimum atomic E-state index is -0.448. The Morgan fingerprint density at radius 2 is 1.72 bits per heavy atom. The molecule has 2 amide bonds. The van der Waals surface area contributed by atoms with Crippen molar-refractivity contribution < 1.29 is 14.4 Å². The van der Waals surface area contributed by atoms with Crippen molar-refractivity contribution in [3.8, 4) is 0 Å². The van der Waals surface area contributed by atoms with Crippen LogP contribution < -0.4 is 0 Å². The van der Waals surface area contributed by atoms with Crippen LogP contribution in [0.4, 0.5) is 4.79 Å². The van der Waals surface area contributed by atoms with Crippen molar-refractivity contribution >= 4 is 66.6 Å². The van der Waals surface area contributed by atoms with E-state index in [1.54, 1.807) is 30.3 Å². The van der Waals surface area contributed by atoms with Gasteiger partial charge in [0.2, 0.25) is 0 Å². The number of halogens is 2. The molecular weight excluding hydrogens is 470 g/mol. The van der Waals surface area contributed by atoms with Gasteiger partial charge in [-0.15, -0.1) is 0 Å². The summed E-state index contributed by atoms with van der Waals surface area (Å²) in [6, 6.07) is 14.2. The Morgan fingerprint density at radius 1 is 1.04 bits per heavy atom. The van der Waals surface area contributed by atoms with Crippen LogP contribution in [0.2, 0.25) is 0 Å². The first-order chi connectivity index (χ1) is 12.0. The molecule has 0 spiro atoms. The Hall–Kier alpha value is -1.70. The molecule has 1 aliphatic rings. The van der Waals surface area contributed by atoms with E-state index in [-0.39, 0.29) is 12.3 Å². The standard InChI is InChI=1S/C18H11Br2NO3S/c19-13-7-5-11(6-8-13)15(22)10-21-17(23)16(25-18(21)24)9-12-3-1-2-4-14(12)20/h1-9H,10H2/b16-9-. The number of imide groups is 1. The molecule has 4 nitrogen and oxygen atoms in total. The second kappa shape index (κ2) is 7.68. The van der Waals surface area contributed by atoms with Crippen molar-refractivity contribution in [2.24, 2.45) is 0 Å². The van der Waals surface area contributed by atoms with E-state index in [0.717, 1.165) is 31.2 Å². The molecule has 1 fully saturated rings. The maximum atomic E-state index is 12.5. The number of thioether (sulfide) groups is 1. The smallest absolute Gasteiger partial charge is 0.292 e. The van der Waals surface area contributed by atoms with Gasteiger partial charge < -0.3 is 0 Å². The van der Waals surface area contributed by atoms with E-state index in [2.05, 4.69) is 31.9 Å². The molecule has 1 saturated heterocycles. The molecule has 3 rings (SSSR count). The first-order valence-corrected chi connectivity index (χ1v) is 9.64. The third-order valence-electron chi connectivity index (χ3n) is 3.53. The number of nitrogens with zero attached hydrogens (tertiary/aromatic N) is 1. The molecule has 0 aromatic heterocycles. The van der Waals surface area contributed by atoms with Crippen LogP contribution in [0.1, 0.15) is 15.9 Å². The molecule has 0 atom stereocenters. The summed E-state index contributed by atoms with van der Waals surface area (Å²) < 4.78 is 1.68. The van der Waals surface area contributed by atoms with Crippen LogP contribution in [0.15, 0.2) is 62.4 Å². The van der Waals surface area contributed by atoms with Gasteiger partial charge in [-0.3, -0.25) is 19.3 Å². The molecule has 0 radical (unpaired) electrons. The second-order valence-electron chi connectivity index (χ2n) is 5.22. The van der Waals surface area contributed by atoms with Gasteiger partial charge in [0.05, 0.1) is 11.4 Å². The minimum Gasteiger partial charge on any atom is -0.292 e. The van der Waals surface area contributed by atoms with Crippen LogP contribution in [-0.2, 0) is 4.79 Å². The lowest BCUT2D eigenvalue weighted by molar-refractivity contribution is -0.122. The monoisotopic (exact) mass is 479 g/mol. The van der Waals surface area contributed by atoms with Crippen molar-refractivity contribution in [3.63, 3.8) is 0 Å². The summed E-state index contributed by atoms with van der Waals surface area (Å²) in [5.74, 6) is -0.729. The predicted molar refractivity (Wildman–Crippen MR) is 105 cm³/mol. The quantitative estimate of drug-likeness (QED) is 0.449. The molecule has 7 heteroatoms. The average molecular weight is 481 g/mol. The molecule has 2 aromatic carbocycles. The van der Waals surface area contributed by atoms with Gasteiger partial charge in [0.1, 0.15) is 0 Å². The molecule has 0 bridgehead atoms. The van der Waals surface area contributed by atoms with Crippen molar-refractivity contribution in [1.82, 2.24) is 4.90 Å². The SMILES string of the molecule is O=C(CN1C(=O)S/C(=C\c2ccccc2Br)C1=O)c1ccc(Br)cc1. The van der Waals surface area contributed by atoms with Crippen molar-refractivity contribution in [3.05, 3.63) is 73.5 Å². The first kappa shape index (κ1) is 18.1. The summed E-state index contributed by atoms with van der Waals surface area (Å²) in [5, 5.41) is -0.436. The maximum absolute atomic E-state index is 12.5. The summed E-state index contributed by atoms with van der Waals surface area (Å²) in [5.41, 5.74) is 1.25. The first-order valence-electron chi connectivity index (χ1n) is 7.24. The summed E-state index contributed by atoms with van der Waals surface area (Å²) in [6.07, 6.45) is 1.65. The van der Waals surface area contributed by atoms with E-state index in [1.807, 2.05) is 24.3 Å². The van der Waals surface area contributed by atoms with Crippen molar-refractivity contribution in [1.29, 1.82) is 0 Å². The number of Topliss-reactive ketones (excluding diaryl/α,β-unsaturated/α-hetero) is 1. The van der Waals surface area contributed by atoms with Crippen LogP contribution in [0.5, 0.6) is 0 Å². The Morgan fingerprint density at radius 3 is 2.40 bits per heavy atom. The topological polar surface area (TPSA) is 54.5 Å². The predicted octanol–water partition coefficient (Wildman–Crippen LogP) is 5.13. The molecule has 0 saturated carbocycles. The summed E-state index contributed by atoms with van der Waals surface area (Å²) in [6.45, 7) is -0.264. The van der Waals surface area contributed by atoms with Crippen LogP contribution in [0.3, 0.4) is 0 Å². The fourth-order valence-electron chi connectivity index (χ4n) is 2.24. The van der Waals surface area contributed by atoms with Gasteiger partial charge in [-0.1, -0.05) is 62.2 Å². The zero-order valence-corrected chi connectivity index (χ0v) is 16.7. The van der Waals surface area contributed by atoms with Gasteiger partial charge in [-0.05, 0) is 41.6 Å². The summed E-state index contributed by atoms with van der Waals surface area (Å²) in [4.78, 5) is 38.3. The molecule has 0 unspecified atom stereocenters. The minimum absolute atomic E-state index is 0.264. The molecule has 126 valence electrons.